The van der Waals surface area contributed by atoms with Crippen LogP contribution in [0.4, 0.5) is 4.39 Å². The number of ether oxygens (including phenoxy) is 2. The number of halogens is 1. The van der Waals surface area contributed by atoms with Gasteiger partial charge in [-0.1, -0.05) is 30.3 Å². The molecule has 1 atom stereocenters. The predicted octanol–water partition coefficient (Wildman–Crippen LogP) is 2.95. The lowest BCUT2D eigenvalue weighted by Crippen LogP contribution is -2.58. The third-order valence-corrected chi connectivity index (χ3v) is 5.81. The monoisotopic (exact) mass is 478 g/mol. The molecule has 0 bridgehead atoms. The normalized spacial score (nSPS) is 17.6. The number of hydrogen-bond acceptors (Lipinski definition) is 6. The van der Waals surface area contributed by atoms with E-state index in [0.29, 0.717) is 18.8 Å². The van der Waals surface area contributed by atoms with Crippen molar-refractivity contribution in [1.29, 1.82) is 0 Å². The van der Waals surface area contributed by atoms with Gasteiger partial charge in [-0.3, -0.25) is 9.59 Å². The van der Waals surface area contributed by atoms with E-state index in [1.54, 1.807) is 22.9 Å². The maximum absolute atomic E-state index is 13.3. The average Bonchev–Trinajstić information content (AvgIpc) is 2.89. The number of morpholine rings is 1. The number of benzene rings is 2. The van der Waals surface area contributed by atoms with Gasteiger partial charge in [0.25, 0.3) is 5.91 Å². The molecule has 1 saturated heterocycles. The fourth-order valence-corrected chi connectivity index (χ4v) is 3.94. The average molecular weight is 479 g/mol. The van der Waals surface area contributed by atoms with Gasteiger partial charge >= 0.3 is 0 Å². The molecule has 182 valence electrons. The maximum Gasteiger partial charge on any atom is 0.272 e. The van der Waals surface area contributed by atoms with Crippen LogP contribution in [0.25, 0.3) is 0 Å². The van der Waals surface area contributed by atoms with Crippen LogP contribution in [0.15, 0.2) is 73.2 Å². The Morgan fingerprint density at radius 2 is 1.91 bits per heavy atom. The minimum Gasteiger partial charge on any atom is -0.490 e. The van der Waals surface area contributed by atoms with E-state index in [1.807, 2.05) is 30.3 Å². The molecule has 4 rings (SSSR count). The third kappa shape index (κ3) is 6.39. The van der Waals surface area contributed by atoms with Crippen LogP contribution >= 0.6 is 0 Å². The summed E-state index contributed by atoms with van der Waals surface area (Å²) >= 11 is 0. The fourth-order valence-electron chi connectivity index (χ4n) is 3.94. The molecule has 35 heavy (non-hydrogen) atoms. The van der Waals surface area contributed by atoms with Crippen LogP contribution < -0.4 is 4.74 Å². The molecule has 0 aliphatic carbocycles. The molecule has 9 heteroatoms. The zero-order valence-corrected chi connectivity index (χ0v) is 19.5. The number of amides is 2. The minimum absolute atomic E-state index is 0.00504. The molecule has 0 radical (unpaired) electrons. The van der Waals surface area contributed by atoms with Crippen LogP contribution in [-0.2, 0) is 16.1 Å². The van der Waals surface area contributed by atoms with Crippen LogP contribution in [0, 0.1) is 5.82 Å². The number of nitrogens with zero attached hydrogens (tertiary/aromatic N) is 4. The molecule has 0 spiro atoms. The zero-order chi connectivity index (χ0) is 24.7. The van der Waals surface area contributed by atoms with Gasteiger partial charge in [-0.15, -0.1) is 0 Å². The van der Waals surface area contributed by atoms with E-state index in [4.69, 9.17) is 9.47 Å². The summed E-state index contributed by atoms with van der Waals surface area (Å²) in [6.45, 7) is 1.19. The molecule has 3 aromatic rings. The minimum atomic E-state index is -1.09. The Balaban J connectivity index is 1.51. The van der Waals surface area contributed by atoms with Gasteiger partial charge in [0.1, 0.15) is 35.8 Å². The van der Waals surface area contributed by atoms with Crippen LogP contribution in [0.2, 0.25) is 0 Å². The number of aromatic nitrogens is 2. The summed E-state index contributed by atoms with van der Waals surface area (Å²) in [5.41, 5.74) is 0.185. The van der Waals surface area contributed by atoms with Crippen molar-refractivity contribution in [1.82, 2.24) is 19.8 Å². The molecular weight excluding hydrogens is 451 g/mol. The van der Waals surface area contributed by atoms with Gasteiger partial charge in [-0.25, -0.2) is 14.4 Å². The number of rotatable bonds is 8. The summed E-state index contributed by atoms with van der Waals surface area (Å²) in [6.07, 6.45) is 2.83. The molecular formula is C26H27FN4O4. The SMILES string of the molecule is CN(Cc1ccccc1)C(=O)C[C@]1(COc2ccc(F)cc2)CN(C(=O)c2ccncn2)CCO1. The Kier molecular flexibility index (Phi) is 7.67. The van der Waals surface area contributed by atoms with Crippen LogP contribution in [0.5, 0.6) is 5.75 Å². The van der Waals surface area contributed by atoms with Gasteiger partial charge in [0.2, 0.25) is 5.91 Å². The van der Waals surface area contributed by atoms with Gasteiger partial charge in [0.05, 0.1) is 19.6 Å². The molecule has 1 fully saturated rings. The van der Waals surface area contributed by atoms with E-state index < -0.39 is 5.60 Å². The van der Waals surface area contributed by atoms with E-state index in [2.05, 4.69) is 9.97 Å². The summed E-state index contributed by atoms with van der Waals surface area (Å²) in [7, 11) is 1.73. The van der Waals surface area contributed by atoms with Crippen molar-refractivity contribution in [2.24, 2.45) is 0 Å². The maximum atomic E-state index is 13.3. The summed E-state index contributed by atoms with van der Waals surface area (Å²) < 4.78 is 25.3. The van der Waals surface area contributed by atoms with E-state index >= 15 is 0 Å². The summed E-state index contributed by atoms with van der Waals surface area (Å²) in [6, 6.07) is 16.9. The third-order valence-electron chi connectivity index (χ3n) is 5.81. The molecule has 0 unspecified atom stereocenters. The van der Waals surface area contributed by atoms with Crippen molar-refractivity contribution in [3.8, 4) is 5.75 Å². The Hall–Kier alpha value is -3.85. The van der Waals surface area contributed by atoms with E-state index in [9.17, 15) is 14.0 Å². The fraction of sp³-hybridized carbons (Fsp3) is 0.308. The lowest BCUT2D eigenvalue weighted by molar-refractivity contribution is -0.152. The first-order chi connectivity index (χ1) is 16.9. The standard InChI is InChI=1S/C26H27FN4O4/c1-30(16-20-5-3-2-4-6-20)24(32)15-26(18-34-22-9-7-21(27)8-10-22)17-31(13-14-35-26)25(33)23-11-12-28-19-29-23/h2-12,19H,13-18H2,1H3/t26-/m1/s1. The number of carbonyl (C=O) groups excluding carboxylic acids is 2. The molecule has 2 aromatic carbocycles. The van der Waals surface area contributed by atoms with Gasteiger partial charge in [-0.2, -0.15) is 0 Å². The first kappa shape index (κ1) is 24.3. The van der Waals surface area contributed by atoms with Crippen molar-refractivity contribution in [2.75, 3.05) is 33.4 Å². The molecule has 1 aliphatic heterocycles. The van der Waals surface area contributed by atoms with Crippen molar-refractivity contribution in [2.45, 2.75) is 18.6 Å². The molecule has 0 saturated carbocycles. The number of hydrogen-bond donors (Lipinski definition) is 0. The smallest absolute Gasteiger partial charge is 0.272 e. The Morgan fingerprint density at radius 1 is 1.14 bits per heavy atom. The van der Waals surface area contributed by atoms with Crippen molar-refractivity contribution in [3.63, 3.8) is 0 Å². The zero-order valence-electron chi connectivity index (χ0n) is 19.5. The van der Waals surface area contributed by atoms with E-state index in [1.165, 1.54) is 36.8 Å². The number of carbonyl (C=O) groups is 2. The van der Waals surface area contributed by atoms with Crippen molar-refractivity contribution >= 4 is 11.8 Å². The van der Waals surface area contributed by atoms with Crippen LogP contribution in [-0.4, -0.2) is 70.5 Å². The van der Waals surface area contributed by atoms with Gasteiger partial charge in [0.15, 0.2) is 0 Å². The Morgan fingerprint density at radius 3 is 2.63 bits per heavy atom. The molecule has 8 nitrogen and oxygen atoms in total. The quantitative estimate of drug-likeness (QED) is 0.495. The molecule has 0 N–H and O–H groups in total. The second-order valence-corrected chi connectivity index (χ2v) is 8.51. The Bertz CT molecular complexity index is 1130. The van der Waals surface area contributed by atoms with E-state index in [-0.39, 0.29) is 49.5 Å². The highest BCUT2D eigenvalue weighted by atomic mass is 19.1. The topological polar surface area (TPSA) is 84.9 Å². The first-order valence-corrected chi connectivity index (χ1v) is 11.3. The van der Waals surface area contributed by atoms with Gasteiger partial charge in [-0.05, 0) is 35.9 Å². The highest BCUT2D eigenvalue weighted by Crippen LogP contribution is 2.26. The first-order valence-electron chi connectivity index (χ1n) is 11.3. The van der Waals surface area contributed by atoms with Crippen molar-refractivity contribution < 1.29 is 23.5 Å². The highest BCUT2D eigenvalue weighted by molar-refractivity contribution is 5.92. The van der Waals surface area contributed by atoms with Crippen molar-refractivity contribution in [3.05, 3.63) is 90.3 Å². The second kappa shape index (κ2) is 11.1. The van der Waals surface area contributed by atoms with E-state index in [0.717, 1.165) is 5.56 Å². The largest absolute Gasteiger partial charge is 0.490 e. The molecule has 1 aromatic heterocycles. The summed E-state index contributed by atoms with van der Waals surface area (Å²) in [5, 5.41) is 0. The highest BCUT2D eigenvalue weighted by Gasteiger charge is 2.42. The summed E-state index contributed by atoms with van der Waals surface area (Å²) in [4.78, 5) is 37.5. The summed E-state index contributed by atoms with van der Waals surface area (Å²) in [5.74, 6) is -0.348. The van der Waals surface area contributed by atoms with Crippen LogP contribution in [0.3, 0.4) is 0 Å². The molecule has 2 heterocycles. The predicted molar refractivity (Wildman–Crippen MR) is 126 cm³/mol. The van der Waals surface area contributed by atoms with Gasteiger partial charge < -0.3 is 19.3 Å². The van der Waals surface area contributed by atoms with Crippen LogP contribution in [0.1, 0.15) is 22.5 Å². The Labute approximate surface area is 203 Å². The lowest BCUT2D eigenvalue weighted by atomic mass is 9.96. The second-order valence-electron chi connectivity index (χ2n) is 8.51. The lowest BCUT2D eigenvalue weighted by Gasteiger charge is -2.42. The molecule has 1 aliphatic rings. The van der Waals surface area contributed by atoms with Gasteiger partial charge in [0, 0.05) is 26.3 Å². The molecule has 2 amide bonds.